The van der Waals surface area contributed by atoms with E-state index in [4.69, 9.17) is 4.74 Å². The van der Waals surface area contributed by atoms with E-state index in [1.54, 1.807) is 25.6 Å². The molecule has 20 heavy (non-hydrogen) atoms. The Kier molecular flexibility index (Phi) is 5.30. The van der Waals surface area contributed by atoms with E-state index in [1.807, 2.05) is 13.8 Å². The molecule has 1 rings (SSSR count). The molecule has 1 amide bonds. The highest BCUT2D eigenvalue weighted by molar-refractivity contribution is 5.94. The fraction of sp³-hybridized carbons (Fsp3) is 0.643. The number of hydrogen-bond donors (Lipinski definition) is 0. The van der Waals surface area contributed by atoms with Gasteiger partial charge in [-0.3, -0.25) is 4.79 Å². The molecule has 0 N–H and O–H groups in total. The predicted molar refractivity (Wildman–Crippen MR) is 75.5 cm³/mol. The molecule has 0 aliphatic carbocycles. The van der Waals surface area contributed by atoms with Gasteiger partial charge in [-0.05, 0) is 19.3 Å². The van der Waals surface area contributed by atoms with Crippen molar-refractivity contribution in [2.24, 2.45) is 5.92 Å². The molecule has 0 unspecified atom stereocenters. The Bertz CT molecular complexity index is 492. The number of esters is 1. The topological polar surface area (TPSA) is 64.4 Å². The van der Waals surface area contributed by atoms with Crippen molar-refractivity contribution in [3.8, 4) is 0 Å². The van der Waals surface area contributed by atoms with E-state index in [0.29, 0.717) is 23.7 Å². The van der Waals surface area contributed by atoms with Gasteiger partial charge in [0.15, 0.2) is 0 Å². The van der Waals surface area contributed by atoms with Crippen LogP contribution in [0.2, 0.25) is 0 Å². The summed E-state index contributed by atoms with van der Waals surface area (Å²) >= 11 is 0. The summed E-state index contributed by atoms with van der Waals surface area (Å²) in [6, 6.07) is -0.528. The quantitative estimate of drug-likeness (QED) is 0.770. The summed E-state index contributed by atoms with van der Waals surface area (Å²) in [5.41, 5.74) is 1.05. The van der Waals surface area contributed by atoms with Gasteiger partial charge in [0.2, 0.25) is 0 Å². The first-order valence-electron chi connectivity index (χ1n) is 6.62. The Morgan fingerprint density at radius 3 is 2.45 bits per heavy atom. The number of carbonyl (C=O) groups is 2. The molecule has 6 nitrogen and oxygen atoms in total. The van der Waals surface area contributed by atoms with Gasteiger partial charge < -0.3 is 14.2 Å². The van der Waals surface area contributed by atoms with E-state index in [-0.39, 0.29) is 11.9 Å². The largest absolute Gasteiger partial charge is 0.467 e. The number of amides is 1. The average molecular weight is 281 g/mol. The summed E-state index contributed by atoms with van der Waals surface area (Å²) in [4.78, 5) is 29.9. The number of aromatic nitrogens is 2. The van der Waals surface area contributed by atoms with Crippen LogP contribution in [-0.2, 0) is 9.53 Å². The lowest BCUT2D eigenvalue weighted by atomic mass is 10.0. The van der Waals surface area contributed by atoms with E-state index in [9.17, 15) is 9.59 Å². The normalized spacial score (nSPS) is 12.3. The highest BCUT2D eigenvalue weighted by atomic mass is 16.5. The molecular weight excluding hydrogens is 258 g/mol. The summed E-state index contributed by atoms with van der Waals surface area (Å²) in [6.07, 6.45) is 2.13. The number of nitrogens with zero attached hydrogens (tertiary/aromatic N) is 3. The number of imidazole rings is 1. The number of aryl methyl sites for hydroxylation is 1. The van der Waals surface area contributed by atoms with Crippen LogP contribution in [0.25, 0.3) is 0 Å². The lowest BCUT2D eigenvalue weighted by molar-refractivity contribution is -0.145. The third kappa shape index (κ3) is 3.37. The standard InChI is InChI=1S/C14H23N3O3/c1-9(2)7-11(14(19)20-6)17-8-15-10(3)12(17)13(18)16(4)5/h8-9,11H,7H2,1-6H3/t11-/m0/s1. The summed E-state index contributed by atoms with van der Waals surface area (Å²) in [7, 11) is 4.70. The molecule has 0 saturated carbocycles. The molecule has 0 bridgehead atoms. The smallest absolute Gasteiger partial charge is 0.328 e. The Hall–Kier alpha value is -1.85. The lowest BCUT2D eigenvalue weighted by Crippen LogP contribution is -2.30. The zero-order chi connectivity index (χ0) is 15.4. The van der Waals surface area contributed by atoms with Gasteiger partial charge in [0, 0.05) is 14.1 Å². The minimum Gasteiger partial charge on any atom is -0.467 e. The van der Waals surface area contributed by atoms with Crippen molar-refractivity contribution >= 4 is 11.9 Å². The molecule has 1 heterocycles. The summed E-state index contributed by atoms with van der Waals surface area (Å²) in [6.45, 7) is 5.80. The molecule has 0 aliphatic heterocycles. The van der Waals surface area contributed by atoms with Gasteiger partial charge in [-0.1, -0.05) is 13.8 Å². The van der Waals surface area contributed by atoms with Crippen LogP contribution in [-0.4, -0.2) is 47.5 Å². The average Bonchev–Trinajstić information content (AvgIpc) is 2.75. The zero-order valence-corrected chi connectivity index (χ0v) is 13.0. The monoisotopic (exact) mass is 281 g/mol. The Labute approximate surface area is 119 Å². The van der Waals surface area contributed by atoms with Gasteiger partial charge >= 0.3 is 5.97 Å². The van der Waals surface area contributed by atoms with Crippen molar-refractivity contribution in [3.05, 3.63) is 17.7 Å². The summed E-state index contributed by atoms with van der Waals surface area (Å²) in [5, 5.41) is 0. The molecule has 0 aliphatic rings. The number of ether oxygens (including phenoxy) is 1. The Morgan fingerprint density at radius 1 is 1.40 bits per heavy atom. The highest BCUT2D eigenvalue weighted by Crippen LogP contribution is 2.23. The molecule has 0 fully saturated rings. The van der Waals surface area contributed by atoms with Crippen LogP contribution in [0.1, 0.15) is 42.5 Å². The molecule has 112 valence electrons. The van der Waals surface area contributed by atoms with Crippen molar-refractivity contribution < 1.29 is 14.3 Å². The third-order valence-corrected chi connectivity index (χ3v) is 3.09. The number of carbonyl (C=O) groups excluding carboxylic acids is 2. The number of rotatable bonds is 5. The fourth-order valence-electron chi connectivity index (χ4n) is 2.07. The van der Waals surface area contributed by atoms with E-state index in [0.717, 1.165) is 0 Å². The predicted octanol–water partition coefficient (Wildman–Crippen LogP) is 1.65. The van der Waals surface area contributed by atoms with Crippen LogP contribution in [0, 0.1) is 12.8 Å². The minimum absolute atomic E-state index is 0.169. The molecule has 6 heteroatoms. The molecule has 1 aromatic rings. The van der Waals surface area contributed by atoms with Crippen molar-refractivity contribution in [2.75, 3.05) is 21.2 Å². The van der Waals surface area contributed by atoms with Crippen LogP contribution in [0.3, 0.4) is 0 Å². The molecule has 0 aromatic carbocycles. The summed E-state index contributed by atoms with van der Waals surface area (Å²) in [5.74, 6) is -0.231. The molecular formula is C14H23N3O3. The van der Waals surface area contributed by atoms with Crippen molar-refractivity contribution in [3.63, 3.8) is 0 Å². The first-order chi connectivity index (χ1) is 9.29. The van der Waals surface area contributed by atoms with Crippen molar-refractivity contribution in [1.82, 2.24) is 14.5 Å². The third-order valence-electron chi connectivity index (χ3n) is 3.09. The van der Waals surface area contributed by atoms with E-state index >= 15 is 0 Å². The second-order valence-electron chi connectivity index (χ2n) is 5.45. The van der Waals surface area contributed by atoms with Crippen LogP contribution in [0.15, 0.2) is 6.33 Å². The van der Waals surface area contributed by atoms with Crippen LogP contribution in [0.5, 0.6) is 0 Å². The Morgan fingerprint density at radius 2 is 2.00 bits per heavy atom. The van der Waals surface area contributed by atoms with Crippen molar-refractivity contribution in [2.45, 2.75) is 33.2 Å². The molecule has 0 radical (unpaired) electrons. The molecule has 0 saturated heterocycles. The van der Waals surface area contributed by atoms with Gasteiger partial charge in [0.1, 0.15) is 11.7 Å². The fourth-order valence-corrected chi connectivity index (χ4v) is 2.07. The van der Waals surface area contributed by atoms with Gasteiger partial charge in [-0.15, -0.1) is 0 Å². The van der Waals surface area contributed by atoms with E-state index in [1.165, 1.54) is 18.3 Å². The van der Waals surface area contributed by atoms with Gasteiger partial charge in [-0.25, -0.2) is 9.78 Å². The first-order valence-corrected chi connectivity index (χ1v) is 6.62. The maximum Gasteiger partial charge on any atom is 0.328 e. The van der Waals surface area contributed by atoms with E-state index in [2.05, 4.69) is 4.98 Å². The van der Waals surface area contributed by atoms with Gasteiger partial charge in [0.05, 0.1) is 19.1 Å². The number of hydrogen-bond acceptors (Lipinski definition) is 4. The number of methoxy groups -OCH3 is 1. The zero-order valence-electron chi connectivity index (χ0n) is 13.0. The van der Waals surface area contributed by atoms with Crippen molar-refractivity contribution in [1.29, 1.82) is 0 Å². The maximum atomic E-state index is 12.3. The molecule has 1 aromatic heterocycles. The second-order valence-corrected chi connectivity index (χ2v) is 5.45. The van der Waals surface area contributed by atoms with Gasteiger partial charge in [0.25, 0.3) is 5.91 Å². The minimum atomic E-state index is -0.528. The highest BCUT2D eigenvalue weighted by Gasteiger charge is 2.28. The molecule has 1 atom stereocenters. The SMILES string of the molecule is COC(=O)[C@H](CC(C)C)n1cnc(C)c1C(=O)N(C)C. The Balaban J connectivity index is 3.27. The second kappa shape index (κ2) is 6.54. The maximum absolute atomic E-state index is 12.3. The van der Waals surface area contributed by atoms with Crippen LogP contribution in [0.4, 0.5) is 0 Å². The van der Waals surface area contributed by atoms with Crippen LogP contribution >= 0.6 is 0 Å². The first kappa shape index (κ1) is 16.2. The molecule has 0 spiro atoms. The van der Waals surface area contributed by atoms with Crippen LogP contribution < -0.4 is 0 Å². The van der Waals surface area contributed by atoms with Gasteiger partial charge in [-0.2, -0.15) is 0 Å². The van der Waals surface area contributed by atoms with E-state index < -0.39 is 6.04 Å². The summed E-state index contributed by atoms with van der Waals surface area (Å²) < 4.78 is 6.49. The lowest BCUT2D eigenvalue weighted by Gasteiger charge is -2.21.